The number of carboxylic acids is 1. The van der Waals surface area contributed by atoms with E-state index in [1.165, 1.54) is 12.6 Å². The lowest BCUT2D eigenvalue weighted by atomic mass is 9.79. The van der Waals surface area contributed by atoms with Crippen LogP contribution in [0, 0.1) is 5.41 Å². The van der Waals surface area contributed by atoms with Crippen molar-refractivity contribution in [2.24, 2.45) is 11.5 Å². The zero-order valence-electron chi connectivity index (χ0n) is 79.2. The quantitative estimate of drug-likeness (QED) is 0.00503. The molecule has 5 aromatic rings. The van der Waals surface area contributed by atoms with Gasteiger partial charge in [-0.3, -0.25) is 67.5 Å². The van der Waals surface area contributed by atoms with Gasteiger partial charge in [0.2, 0.25) is 80.7 Å². The number of rotatable bonds is 44. The minimum Gasteiger partial charge on any atom is -0.481 e. The smallest absolute Gasteiger partial charge is 0.305 e. The van der Waals surface area contributed by atoms with Gasteiger partial charge >= 0.3 is 5.97 Å². The number of fused-ring (bicyclic) bond motifs is 11. The van der Waals surface area contributed by atoms with E-state index in [1.807, 2.05) is 54.6 Å². The summed E-state index contributed by atoms with van der Waals surface area (Å²) < 4.78 is 85.8. The van der Waals surface area contributed by atoms with Crippen LogP contribution in [0.25, 0.3) is 21.5 Å². The molecular weight excluding hydrogens is 1890 g/mol. The Balaban J connectivity index is 0.00000100. The van der Waals surface area contributed by atoms with Gasteiger partial charge in [-0.2, -0.15) is 13.0 Å². The normalized spacial score (nSPS) is 20.2. The molecule has 39 nitrogen and oxygen atoms in total. The van der Waals surface area contributed by atoms with Crippen molar-refractivity contribution >= 4 is 169 Å². The van der Waals surface area contributed by atoms with Crippen LogP contribution in [0.3, 0.4) is 0 Å². The van der Waals surface area contributed by atoms with Crippen molar-refractivity contribution in [1.82, 2.24) is 63.2 Å². The molecule has 4 heterocycles. The molecule has 5 aromatic carbocycles. The third-order valence-corrected chi connectivity index (χ3v) is 28.5. The Morgan fingerprint density at radius 2 is 1.17 bits per heavy atom. The van der Waals surface area contributed by atoms with Crippen LogP contribution < -0.4 is 79.6 Å². The number of benzene rings is 5. The van der Waals surface area contributed by atoms with Crippen molar-refractivity contribution < 1.29 is 108 Å². The molecule has 0 aliphatic carbocycles. The number of anilines is 1. The molecule has 4 aliphatic heterocycles. The molecule has 11 amide bonds. The Labute approximate surface area is 822 Å². The molecule has 19 N–H and O–H groups in total. The van der Waals surface area contributed by atoms with Gasteiger partial charge in [0.1, 0.15) is 62.1 Å². The molecular formula is C95H132N17O22S5+. The van der Waals surface area contributed by atoms with E-state index in [0.29, 0.717) is 77.5 Å². The maximum atomic E-state index is 14.8. The van der Waals surface area contributed by atoms with Crippen LogP contribution in [-0.2, 0) is 114 Å². The van der Waals surface area contributed by atoms with E-state index in [4.69, 9.17) is 35.8 Å². The van der Waals surface area contributed by atoms with Crippen LogP contribution in [0.2, 0.25) is 0 Å². The summed E-state index contributed by atoms with van der Waals surface area (Å²) in [5.41, 5.74) is 16.5. The van der Waals surface area contributed by atoms with Crippen LogP contribution in [0.5, 0.6) is 0 Å². The summed E-state index contributed by atoms with van der Waals surface area (Å²) in [5, 5.41) is 50.1. The van der Waals surface area contributed by atoms with Gasteiger partial charge in [0.15, 0.2) is 11.7 Å². The Morgan fingerprint density at radius 1 is 0.576 bits per heavy atom. The number of primary amides is 1. The zero-order chi connectivity index (χ0) is 101. The Morgan fingerprint density at radius 3 is 1.82 bits per heavy atom. The van der Waals surface area contributed by atoms with Crippen molar-refractivity contribution in [1.29, 1.82) is 5.41 Å². The number of likely N-dealkylation sites (N-methyl/N-ethyl adjacent to an activating group) is 1. The monoisotopic (exact) mass is 2020 g/mol. The van der Waals surface area contributed by atoms with Crippen LogP contribution in [0.15, 0.2) is 151 Å². The number of amides is 11. The van der Waals surface area contributed by atoms with Gasteiger partial charge in [-0.15, -0.1) is 11.8 Å². The number of hydrogen-bond donors (Lipinski definition) is 17. The van der Waals surface area contributed by atoms with Crippen LogP contribution in [0.4, 0.5) is 11.4 Å². The Bertz CT molecular complexity index is 5490. The molecule has 2 bridgehead atoms. The first-order chi connectivity index (χ1) is 66.4. The van der Waals surface area contributed by atoms with Gasteiger partial charge in [0.25, 0.3) is 10.1 Å². The second-order valence-corrected chi connectivity index (χ2v) is 41.4. The van der Waals surface area contributed by atoms with Crippen molar-refractivity contribution in [3.63, 3.8) is 0 Å². The topological polar surface area (TPSA) is 577 Å². The average molecular weight is 2020 g/mol. The zero-order valence-corrected chi connectivity index (χ0v) is 83.3. The van der Waals surface area contributed by atoms with Gasteiger partial charge in [-0.05, 0) is 123 Å². The molecule has 0 saturated carbocycles. The summed E-state index contributed by atoms with van der Waals surface area (Å²) in [7, 11) is -4.81. The molecule has 7 atom stereocenters. The first-order valence-corrected chi connectivity index (χ1v) is 53.0. The lowest BCUT2D eigenvalue weighted by Gasteiger charge is -2.27. The van der Waals surface area contributed by atoms with Crippen LogP contribution in [-0.4, -0.2) is 290 Å². The second kappa shape index (κ2) is 57.4. The van der Waals surface area contributed by atoms with Crippen molar-refractivity contribution in [3.05, 3.63) is 168 Å². The molecule has 758 valence electrons. The van der Waals surface area contributed by atoms with E-state index in [2.05, 4.69) is 168 Å². The number of hydrogen-bond acceptors (Lipinski definition) is 25. The minimum absolute atomic E-state index is 0.0569. The van der Waals surface area contributed by atoms with E-state index in [-0.39, 0.29) is 118 Å². The third-order valence-electron chi connectivity index (χ3n) is 22.8. The second-order valence-electron chi connectivity index (χ2n) is 34.3. The molecule has 0 spiro atoms. The first kappa shape index (κ1) is 113. The summed E-state index contributed by atoms with van der Waals surface area (Å²) in [4.78, 5) is 163. The number of ether oxygens (including phenoxy) is 4. The fourth-order valence-corrected chi connectivity index (χ4v) is 21.0. The molecule has 44 heteroatoms. The van der Waals surface area contributed by atoms with Gasteiger partial charge < -0.3 is 98.9 Å². The highest BCUT2D eigenvalue weighted by Crippen LogP contribution is 2.51. The SMILES string of the molecule is CCCOCCOCCOCCNC(=O)COCC(N)=O.CNC(=O)[C@@H]1CSCC(=O)N[C@@H](CCCCNS(=O)(=O)CCCCN2/C(=C/C=C/C=C/C=C/C3=[N+](CCCCS(=O)(=O)O)c4ccc5ccccc5c4C3(C)C)C(C)(C)c3c2ccc2ccccc32)C(=O)N[C@H]2CSSC[C@H](NC(=O)[C@H](CC(=O)O)NC(=O)CNC(=O)[C@H](CCCNC(=N)N)NC2=O)C(=O)N[C@@H](Cc2ccccc2)C(=O)N1. The van der Waals surface area contributed by atoms with E-state index < -0.39 is 151 Å². The predicted octanol–water partition coefficient (Wildman–Crippen LogP) is 3.70. The lowest BCUT2D eigenvalue weighted by molar-refractivity contribution is -0.438. The number of nitrogens with one attached hydrogen (secondary N) is 13. The molecule has 0 radical (unpaired) electrons. The van der Waals surface area contributed by atoms with E-state index in [1.54, 1.807) is 30.3 Å². The number of thioether (sulfide) groups is 1. The van der Waals surface area contributed by atoms with Crippen molar-refractivity contribution in [2.75, 3.05) is 139 Å². The maximum Gasteiger partial charge on any atom is 0.305 e. The maximum absolute atomic E-state index is 14.8. The number of unbranched alkanes of at least 4 members (excludes halogenated alkanes) is 3. The predicted molar refractivity (Wildman–Crippen MR) is 537 cm³/mol. The van der Waals surface area contributed by atoms with Crippen molar-refractivity contribution in [2.45, 2.75) is 165 Å². The van der Waals surface area contributed by atoms with E-state index in [9.17, 15) is 84.0 Å². The van der Waals surface area contributed by atoms with Crippen molar-refractivity contribution in [3.8, 4) is 0 Å². The number of carbonyl (C=O) groups is 12. The fourth-order valence-electron chi connectivity index (χ4n) is 16.0. The summed E-state index contributed by atoms with van der Waals surface area (Å²) in [6, 6.07) is 22.9. The number of allylic oxidation sites excluding steroid dienone is 8. The van der Waals surface area contributed by atoms with Gasteiger partial charge in [0, 0.05) is 104 Å². The average Bonchev–Trinajstić information content (AvgIpc) is 1.58. The van der Waals surface area contributed by atoms with Crippen LogP contribution in [0.1, 0.15) is 122 Å². The van der Waals surface area contributed by atoms with Gasteiger partial charge in [0.05, 0.1) is 68.7 Å². The number of aliphatic carboxylic acids is 1. The largest absolute Gasteiger partial charge is 0.481 e. The molecule has 0 unspecified atom stereocenters. The Kier molecular flexibility index (Phi) is 46.7. The molecule has 139 heavy (non-hydrogen) atoms. The summed E-state index contributed by atoms with van der Waals surface area (Å²) >= 11 is 0.917. The summed E-state index contributed by atoms with van der Waals surface area (Å²) in [6.45, 7) is 14.2. The third kappa shape index (κ3) is 37.3. The summed E-state index contributed by atoms with van der Waals surface area (Å²) in [5.74, 6) is -12.7. The highest BCUT2D eigenvalue weighted by molar-refractivity contribution is 8.76. The number of sulfonamides is 1. The highest BCUT2D eigenvalue weighted by Gasteiger charge is 2.46. The fraction of sp³-hybridized carbons (Fsp3) is 0.495. The number of nitrogens with two attached hydrogens (primary N) is 2. The Hall–Kier alpha value is -11.3. The number of carboxylic acid groups (broad SMARTS) is 1. The minimum atomic E-state index is -4.10. The van der Waals surface area contributed by atoms with Gasteiger partial charge in [-0.1, -0.05) is 158 Å². The molecule has 9 rings (SSSR count). The number of nitrogens with zero attached hydrogens (tertiary/aromatic N) is 2. The van der Waals surface area contributed by atoms with E-state index >= 15 is 0 Å². The summed E-state index contributed by atoms with van der Waals surface area (Å²) in [6.07, 6.45) is 15.8. The first-order valence-electron chi connectivity index (χ1n) is 46.1. The molecule has 2 fully saturated rings. The van der Waals surface area contributed by atoms with Gasteiger partial charge in [-0.25, -0.2) is 13.1 Å². The highest BCUT2D eigenvalue weighted by atomic mass is 33.1. The lowest BCUT2D eigenvalue weighted by Crippen LogP contribution is -2.60. The number of carbonyl (C=O) groups excluding carboxylic acids is 11. The number of guanidine groups is 1. The molecule has 0 aromatic heterocycles. The van der Waals surface area contributed by atoms with Crippen LogP contribution >= 0.6 is 33.3 Å². The molecule has 2 saturated heterocycles. The van der Waals surface area contributed by atoms with E-state index in [0.717, 1.165) is 96.3 Å². The molecule has 4 aliphatic rings. The standard InChI is InChI=1S/C82H105N15O16S5.C13H26N2O6/c1-81(2)66(33-12-7-6-8-13-34-67-82(3,4)72-56-30-17-15-28-54(56)36-38-65(72)97(67)42-21-23-44-118(111,112)113)96(64-37-35-53-27-14-16-29-55(53)71(64)81)41-20-22-43-117(109,110)88-40-19-18-31-58-75(104)94-62-49-115-116-50-63(79(108)92-59(45-52-25-10-9-11-26-52)76(105)93-61(73(102)85-5)48-114-51-69(99)89-58)95-77(106)60(46-70(100)101)90-68(98)47-87-74(103)57(91-78(62)107)32-24-39-86-80(83)84;1-2-4-18-6-8-20-9-7-19-5-3-15-13(17)11-21-10-12(14)16/h6-17,25-30,33-38,57-63,88H,18-24,31-32,39-51H2,1-5H3,(H14-,83,84,85,86,87,89,90,91,92,93,94,95,98,99,100,101,102,103,104,105,106,107,108,111,112,113);2-11H2,1H3,(H2,14,16)(H,15,17)/p+1/t57-,58-,59-,60-,61-,62-,63-;/m0./s1.